The van der Waals surface area contributed by atoms with Gasteiger partial charge in [-0.2, -0.15) is 0 Å². The van der Waals surface area contributed by atoms with Crippen LogP contribution in [0.1, 0.15) is 42.9 Å². The highest BCUT2D eigenvalue weighted by Gasteiger charge is 2.30. The second kappa shape index (κ2) is 6.65. The van der Waals surface area contributed by atoms with Crippen molar-refractivity contribution in [1.29, 1.82) is 0 Å². The number of hydrogen-bond acceptors (Lipinski definition) is 4. The third kappa shape index (κ3) is 3.37. The zero-order valence-electron chi connectivity index (χ0n) is 14.7. The molecule has 0 radical (unpaired) electrons. The molecule has 2 heterocycles. The van der Waals surface area contributed by atoms with Gasteiger partial charge in [-0.1, -0.05) is 30.3 Å². The lowest BCUT2D eigenvalue weighted by molar-refractivity contribution is 0.0706. The minimum atomic E-state index is 0.545. The Hall–Kier alpha value is -1.72. The van der Waals surface area contributed by atoms with Crippen LogP contribution in [0.15, 0.2) is 30.3 Å². The molecule has 0 unspecified atom stereocenters. The Morgan fingerprint density at radius 2 is 1.83 bits per heavy atom. The molecule has 0 N–H and O–H groups in total. The van der Waals surface area contributed by atoms with E-state index in [1.165, 1.54) is 24.2 Å². The molecular weight excluding hydrogens is 298 g/mol. The zero-order chi connectivity index (χ0) is 16.5. The van der Waals surface area contributed by atoms with E-state index in [4.69, 9.17) is 0 Å². The summed E-state index contributed by atoms with van der Waals surface area (Å²) in [5, 5.41) is 8.86. The summed E-state index contributed by atoms with van der Waals surface area (Å²) in [6.07, 6.45) is 2.56. The number of piperazine rings is 1. The molecule has 1 atom stereocenters. The van der Waals surface area contributed by atoms with Crippen LogP contribution in [0.4, 0.5) is 0 Å². The first-order valence-corrected chi connectivity index (χ1v) is 9.09. The normalized spacial score (nSPS) is 22.8. The second-order valence-corrected chi connectivity index (χ2v) is 7.35. The van der Waals surface area contributed by atoms with Gasteiger partial charge in [0.15, 0.2) is 0 Å². The largest absolute Gasteiger partial charge is 0.317 e. The van der Waals surface area contributed by atoms with E-state index in [0.717, 1.165) is 38.5 Å². The molecule has 2 aromatic rings. The summed E-state index contributed by atoms with van der Waals surface area (Å²) < 4.78 is 2.22. The van der Waals surface area contributed by atoms with Crippen LogP contribution in [0.2, 0.25) is 0 Å². The van der Waals surface area contributed by atoms with Crippen LogP contribution in [0, 0.1) is 0 Å². The van der Waals surface area contributed by atoms with Crippen molar-refractivity contribution in [2.75, 3.05) is 19.6 Å². The van der Waals surface area contributed by atoms with Crippen molar-refractivity contribution >= 4 is 0 Å². The Labute approximate surface area is 144 Å². The molecule has 0 amide bonds. The zero-order valence-corrected chi connectivity index (χ0v) is 14.7. The number of rotatable bonds is 5. The second-order valence-electron chi connectivity index (χ2n) is 7.35. The van der Waals surface area contributed by atoms with Crippen LogP contribution < -0.4 is 0 Å². The van der Waals surface area contributed by atoms with Gasteiger partial charge in [-0.25, -0.2) is 0 Å². The van der Waals surface area contributed by atoms with Crippen molar-refractivity contribution in [2.45, 2.75) is 44.8 Å². The molecule has 2 aliphatic rings. The molecule has 1 aromatic heterocycles. The number of hydrogen-bond donors (Lipinski definition) is 0. The molecule has 0 spiro atoms. The van der Waals surface area contributed by atoms with Crippen LogP contribution in [0.3, 0.4) is 0 Å². The average molecular weight is 325 g/mol. The lowest BCUT2D eigenvalue weighted by atomic mass is 10.1. The Balaban J connectivity index is 1.35. The first-order chi connectivity index (χ1) is 11.7. The van der Waals surface area contributed by atoms with Crippen LogP contribution in [-0.2, 0) is 20.1 Å². The smallest absolute Gasteiger partial charge is 0.146 e. The molecule has 1 aliphatic carbocycles. The van der Waals surface area contributed by atoms with E-state index in [1.54, 1.807) is 0 Å². The van der Waals surface area contributed by atoms with Gasteiger partial charge in [0.05, 0.1) is 6.54 Å². The van der Waals surface area contributed by atoms with E-state index in [-0.39, 0.29) is 0 Å². The minimum Gasteiger partial charge on any atom is -0.317 e. The average Bonchev–Trinajstić information content (AvgIpc) is 3.36. The van der Waals surface area contributed by atoms with E-state index in [2.05, 4.69) is 68.9 Å². The van der Waals surface area contributed by atoms with Crippen molar-refractivity contribution in [3.63, 3.8) is 0 Å². The highest BCUT2D eigenvalue weighted by molar-refractivity contribution is 5.14. The molecule has 0 bridgehead atoms. The van der Waals surface area contributed by atoms with Crippen LogP contribution in [-0.4, -0.2) is 50.2 Å². The highest BCUT2D eigenvalue weighted by atomic mass is 15.3. The summed E-state index contributed by atoms with van der Waals surface area (Å²) in [5.74, 6) is 2.96. The monoisotopic (exact) mass is 325 g/mol. The molecule has 1 aliphatic heterocycles. The summed E-state index contributed by atoms with van der Waals surface area (Å²) in [5.41, 5.74) is 1.40. The van der Waals surface area contributed by atoms with Gasteiger partial charge in [0.1, 0.15) is 11.6 Å². The fourth-order valence-electron chi connectivity index (χ4n) is 3.68. The summed E-state index contributed by atoms with van der Waals surface area (Å²) in [7, 11) is 2.12. The number of nitrogens with zero attached hydrogens (tertiary/aromatic N) is 5. The topological polar surface area (TPSA) is 37.2 Å². The van der Waals surface area contributed by atoms with E-state index >= 15 is 0 Å². The van der Waals surface area contributed by atoms with Gasteiger partial charge in [0.2, 0.25) is 0 Å². The summed E-state index contributed by atoms with van der Waals surface area (Å²) >= 11 is 0. The van der Waals surface area contributed by atoms with Crippen molar-refractivity contribution in [2.24, 2.45) is 7.05 Å². The van der Waals surface area contributed by atoms with Crippen LogP contribution >= 0.6 is 0 Å². The number of benzene rings is 1. The molecule has 1 saturated carbocycles. The van der Waals surface area contributed by atoms with Crippen molar-refractivity contribution in [3.8, 4) is 0 Å². The molecule has 2 fully saturated rings. The Kier molecular flexibility index (Phi) is 4.37. The molecule has 5 nitrogen and oxygen atoms in total. The first-order valence-electron chi connectivity index (χ1n) is 9.09. The quantitative estimate of drug-likeness (QED) is 0.846. The fourth-order valence-corrected chi connectivity index (χ4v) is 3.68. The van der Waals surface area contributed by atoms with Gasteiger partial charge in [0.25, 0.3) is 0 Å². The van der Waals surface area contributed by atoms with Crippen molar-refractivity contribution in [3.05, 3.63) is 47.5 Å². The molecule has 128 valence electrons. The SMILES string of the molecule is C[C@H]1CN(Cc2ccccc2)CCN1Cc1nnc(C2CC2)n1C. The Bertz CT molecular complexity index is 676. The molecule has 4 rings (SSSR count). The molecule has 24 heavy (non-hydrogen) atoms. The maximum absolute atomic E-state index is 4.45. The van der Waals surface area contributed by atoms with E-state index in [1.807, 2.05) is 0 Å². The summed E-state index contributed by atoms with van der Waals surface area (Å²) in [4.78, 5) is 5.10. The van der Waals surface area contributed by atoms with E-state index in [9.17, 15) is 0 Å². The maximum atomic E-state index is 4.45. The molecule has 5 heteroatoms. The van der Waals surface area contributed by atoms with Gasteiger partial charge in [-0.15, -0.1) is 10.2 Å². The lowest BCUT2D eigenvalue weighted by Gasteiger charge is -2.39. The minimum absolute atomic E-state index is 0.545. The van der Waals surface area contributed by atoms with Gasteiger partial charge < -0.3 is 4.57 Å². The predicted octanol–water partition coefficient (Wildman–Crippen LogP) is 2.40. The van der Waals surface area contributed by atoms with Crippen molar-refractivity contribution in [1.82, 2.24) is 24.6 Å². The van der Waals surface area contributed by atoms with Gasteiger partial charge >= 0.3 is 0 Å². The maximum Gasteiger partial charge on any atom is 0.146 e. The number of aromatic nitrogens is 3. The van der Waals surface area contributed by atoms with E-state index < -0.39 is 0 Å². The Morgan fingerprint density at radius 1 is 1.04 bits per heavy atom. The first kappa shape index (κ1) is 15.8. The summed E-state index contributed by atoms with van der Waals surface area (Å²) in [6.45, 7) is 7.62. The highest BCUT2D eigenvalue weighted by Crippen LogP contribution is 2.38. The fraction of sp³-hybridized carbons (Fsp3) is 0.579. The Morgan fingerprint density at radius 3 is 2.54 bits per heavy atom. The lowest BCUT2D eigenvalue weighted by Crippen LogP contribution is -2.51. The molecule has 1 saturated heterocycles. The van der Waals surface area contributed by atoms with Crippen molar-refractivity contribution < 1.29 is 0 Å². The van der Waals surface area contributed by atoms with Crippen LogP contribution in [0.5, 0.6) is 0 Å². The predicted molar refractivity (Wildman–Crippen MR) is 94.6 cm³/mol. The third-order valence-electron chi connectivity index (χ3n) is 5.38. The molecule has 1 aromatic carbocycles. The standard InChI is InChI=1S/C19H27N5/c1-15-12-23(13-16-6-4-3-5-7-16)10-11-24(15)14-18-20-21-19(22(18)2)17-8-9-17/h3-7,15,17H,8-14H2,1-2H3/t15-/m0/s1. The van der Waals surface area contributed by atoms with Gasteiger partial charge in [-0.05, 0) is 25.3 Å². The third-order valence-corrected chi connectivity index (χ3v) is 5.38. The van der Waals surface area contributed by atoms with E-state index in [0.29, 0.717) is 12.0 Å². The molecular formula is C19H27N5. The van der Waals surface area contributed by atoms with Crippen LogP contribution in [0.25, 0.3) is 0 Å². The summed E-state index contributed by atoms with van der Waals surface area (Å²) in [6, 6.07) is 11.3. The van der Waals surface area contributed by atoms with Gasteiger partial charge in [0, 0.05) is 45.2 Å². The van der Waals surface area contributed by atoms with Gasteiger partial charge in [-0.3, -0.25) is 9.80 Å².